The van der Waals surface area contributed by atoms with Crippen molar-refractivity contribution in [1.29, 1.82) is 0 Å². The molecule has 3 N–H and O–H groups in total. The number of benzene rings is 1. The first-order valence-electron chi connectivity index (χ1n) is 5.22. The standard InChI is InChI=1S/C12H15NO4/c1-7-3-4-9(10(14)5-7)12(17)13-8(2)6-11(15)16/h3-5,8,14H,6H2,1-2H3,(H,13,17)(H,15,16). The largest absolute Gasteiger partial charge is 0.507 e. The van der Waals surface area contributed by atoms with Crippen LogP contribution in [0.15, 0.2) is 18.2 Å². The number of hydrogen-bond donors (Lipinski definition) is 3. The van der Waals surface area contributed by atoms with Gasteiger partial charge in [-0.2, -0.15) is 0 Å². The maximum Gasteiger partial charge on any atom is 0.305 e. The summed E-state index contributed by atoms with van der Waals surface area (Å²) >= 11 is 0. The monoisotopic (exact) mass is 237 g/mol. The molecule has 0 aliphatic carbocycles. The van der Waals surface area contributed by atoms with Crippen LogP contribution < -0.4 is 5.32 Å². The number of carbonyl (C=O) groups is 2. The molecule has 17 heavy (non-hydrogen) atoms. The van der Waals surface area contributed by atoms with Crippen molar-refractivity contribution >= 4 is 11.9 Å². The molecule has 92 valence electrons. The Labute approximate surface area is 99.1 Å². The number of amides is 1. The highest BCUT2D eigenvalue weighted by Crippen LogP contribution is 2.18. The highest BCUT2D eigenvalue weighted by atomic mass is 16.4. The zero-order valence-electron chi connectivity index (χ0n) is 9.73. The van der Waals surface area contributed by atoms with Crippen LogP contribution >= 0.6 is 0 Å². The maximum absolute atomic E-state index is 11.7. The number of hydrogen-bond acceptors (Lipinski definition) is 3. The number of carbonyl (C=O) groups excluding carboxylic acids is 1. The molecule has 0 aliphatic heterocycles. The molecular formula is C12H15NO4. The summed E-state index contributed by atoms with van der Waals surface area (Å²) in [7, 11) is 0. The van der Waals surface area contributed by atoms with Crippen molar-refractivity contribution in [3.05, 3.63) is 29.3 Å². The molecule has 5 nitrogen and oxygen atoms in total. The fourth-order valence-electron chi connectivity index (χ4n) is 1.45. The number of aromatic hydroxyl groups is 1. The Morgan fingerprint density at radius 2 is 2.06 bits per heavy atom. The fourth-order valence-corrected chi connectivity index (χ4v) is 1.45. The summed E-state index contributed by atoms with van der Waals surface area (Å²) < 4.78 is 0. The van der Waals surface area contributed by atoms with Crippen molar-refractivity contribution in [2.24, 2.45) is 0 Å². The molecule has 1 amide bonds. The van der Waals surface area contributed by atoms with Crippen molar-refractivity contribution in [3.8, 4) is 5.75 Å². The average Bonchev–Trinajstić information content (AvgIpc) is 2.15. The minimum Gasteiger partial charge on any atom is -0.507 e. The van der Waals surface area contributed by atoms with Crippen molar-refractivity contribution in [2.75, 3.05) is 0 Å². The van der Waals surface area contributed by atoms with Gasteiger partial charge in [0, 0.05) is 6.04 Å². The Kier molecular flexibility index (Phi) is 4.09. The summed E-state index contributed by atoms with van der Waals surface area (Å²) in [5.41, 5.74) is 0.991. The molecule has 0 saturated carbocycles. The van der Waals surface area contributed by atoms with Gasteiger partial charge >= 0.3 is 5.97 Å². The minimum atomic E-state index is -0.981. The average molecular weight is 237 g/mol. The van der Waals surface area contributed by atoms with Crippen LogP contribution in [0.3, 0.4) is 0 Å². The normalized spacial score (nSPS) is 11.9. The number of rotatable bonds is 4. The van der Waals surface area contributed by atoms with Gasteiger partial charge in [-0.1, -0.05) is 6.07 Å². The van der Waals surface area contributed by atoms with Crippen LogP contribution in [0.25, 0.3) is 0 Å². The molecule has 0 fully saturated rings. The predicted molar refractivity (Wildman–Crippen MR) is 62.0 cm³/mol. The van der Waals surface area contributed by atoms with Gasteiger partial charge in [-0.25, -0.2) is 0 Å². The molecule has 5 heteroatoms. The van der Waals surface area contributed by atoms with E-state index in [1.807, 2.05) is 0 Å². The van der Waals surface area contributed by atoms with Gasteiger partial charge in [-0.05, 0) is 31.5 Å². The second-order valence-corrected chi connectivity index (χ2v) is 3.99. The lowest BCUT2D eigenvalue weighted by molar-refractivity contribution is -0.137. The van der Waals surface area contributed by atoms with E-state index in [0.29, 0.717) is 0 Å². The molecule has 0 aromatic heterocycles. The summed E-state index contributed by atoms with van der Waals surface area (Å²) in [5, 5.41) is 20.6. The van der Waals surface area contributed by atoms with E-state index in [1.54, 1.807) is 19.9 Å². The van der Waals surface area contributed by atoms with Crippen LogP contribution in [-0.2, 0) is 4.79 Å². The van der Waals surface area contributed by atoms with Gasteiger partial charge < -0.3 is 15.5 Å². The Morgan fingerprint density at radius 1 is 1.41 bits per heavy atom. The zero-order valence-corrected chi connectivity index (χ0v) is 9.73. The molecule has 1 aromatic rings. The Balaban J connectivity index is 2.73. The van der Waals surface area contributed by atoms with Crippen molar-refractivity contribution in [1.82, 2.24) is 5.32 Å². The fraction of sp³-hybridized carbons (Fsp3) is 0.333. The Hall–Kier alpha value is -2.04. The topological polar surface area (TPSA) is 86.6 Å². The molecule has 1 atom stereocenters. The molecule has 0 radical (unpaired) electrons. The third-order valence-corrected chi connectivity index (χ3v) is 2.26. The summed E-state index contributed by atoms with van der Waals surface area (Å²) in [5.74, 6) is -1.56. The minimum absolute atomic E-state index is 0.106. The predicted octanol–water partition coefficient (Wildman–Crippen LogP) is 1.29. The van der Waals surface area contributed by atoms with E-state index < -0.39 is 17.9 Å². The molecule has 0 saturated heterocycles. The Morgan fingerprint density at radius 3 is 2.59 bits per heavy atom. The highest BCUT2D eigenvalue weighted by molar-refractivity contribution is 5.97. The van der Waals surface area contributed by atoms with E-state index >= 15 is 0 Å². The molecule has 1 unspecified atom stereocenters. The number of phenols is 1. The second-order valence-electron chi connectivity index (χ2n) is 3.99. The van der Waals surface area contributed by atoms with Gasteiger partial charge in [0.1, 0.15) is 5.75 Å². The Bertz CT molecular complexity index is 442. The van der Waals surface area contributed by atoms with E-state index in [-0.39, 0.29) is 17.7 Å². The molecule has 0 aliphatic rings. The lowest BCUT2D eigenvalue weighted by Gasteiger charge is -2.12. The molecule has 0 spiro atoms. The van der Waals surface area contributed by atoms with Crippen molar-refractivity contribution < 1.29 is 19.8 Å². The van der Waals surface area contributed by atoms with Crippen LogP contribution in [0.5, 0.6) is 5.75 Å². The van der Waals surface area contributed by atoms with Crippen LogP contribution in [0.4, 0.5) is 0 Å². The lowest BCUT2D eigenvalue weighted by atomic mass is 10.1. The van der Waals surface area contributed by atoms with Gasteiger partial charge in [-0.15, -0.1) is 0 Å². The van der Waals surface area contributed by atoms with E-state index in [2.05, 4.69) is 5.32 Å². The number of carboxylic acids is 1. The number of aliphatic carboxylic acids is 1. The van der Waals surface area contributed by atoms with Crippen molar-refractivity contribution in [3.63, 3.8) is 0 Å². The van der Waals surface area contributed by atoms with E-state index in [4.69, 9.17) is 5.11 Å². The number of nitrogens with one attached hydrogen (secondary N) is 1. The highest BCUT2D eigenvalue weighted by Gasteiger charge is 2.15. The van der Waals surface area contributed by atoms with Crippen molar-refractivity contribution in [2.45, 2.75) is 26.3 Å². The van der Waals surface area contributed by atoms with Gasteiger partial charge in [0.15, 0.2) is 0 Å². The first-order valence-corrected chi connectivity index (χ1v) is 5.22. The van der Waals surface area contributed by atoms with Gasteiger partial charge in [0.2, 0.25) is 0 Å². The summed E-state index contributed by atoms with van der Waals surface area (Å²) in [6.07, 6.45) is -0.154. The summed E-state index contributed by atoms with van der Waals surface area (Å²) in [6.45, 7) is 3.39. The maximum atomic E-state index is 11.7. The van der Waals surface area contributed by atoms with E-state index in [0.717, 1.165) is 5.56 Å². The summed E-state index contributed by atoms with van der Waals surface area (Å²) in [6, 6.07) is 4.21. The number of phenolic OH excluding ortho intramolecular Hbond substituents is 1. The smallest absolute Gasteiger partial charge is 0.305 e. The number of aryl methyl sites for hydroxylation is 1. The third kappa shape index (κ3) is 3.79. The second kappa shape index (κ2) is 5.34. The molecule has 1 rings (SSSR count). The molecule has 0 bridgehead atoms. The SMILES string of the molecule is Cc1ccc(C(=O)NC(C)CC(=O)O)c(O)c1. The van der Waals surface area contributed by atoms with Crippen LogP contribution in [0, 0.1) is 6.92 Å². The zero-order chi connectivity index (χ0) is 13.0. The molecule has 0 heterocycles. The van der Waals surface area contributed by atoms with Gasteiger partial charge in [0.25, 0.3) is 5.91 Å². The number of carboxylic acid groups (broad SMARTS) is 1. The quantitative estimate of drug-likeness (QED) is 0.736. The third-order valence-electron chi connectivity index (χ3n) is 2.26. The van der Waals surface area contributed by atoms with E-state index in [9.17, 15) is 14.7 Å². The van der Waals surface area contributed by atoms with Gasteiger partial charge in [-0.3, -0.25) is 9.59 Å². The van der Waals surface area contributed by atoms with Crippen LogP contribution in [0.1, 0.15) is 29.3 Å². The first kappa shape index (κ1) is 13.0. The van der Waals surface area contributed by atoms with Crippen LogP contribution in [0.2, 0.25) is 0 Å². The molecular weight excluding hydrogens is 222 g/mol. The lowest BCUT2D eigenvalue weighted by Crippen LogP contribution is -2.34. The van der Waals surface area contributed by atoms with E-state index in [1.165, 1.54) is 12.1 Å². The van der Waals surface area contributed by atoms with Gasteiger partial charge in [0.05, 0.1) is 12.0 Å². The first-order chi connectivity index (χ1) is 7.90. The van der Waals surface area contributed by atoms with Crippen LogP contribution in [-0.4, -0.2) is 28.1 Å². The molecule has 1 aromatic carbocycles. The summed E-state index contributed by atoms with van der Waals surface area (Å²) in [4.78, 5) is 22.1.